The number of rotatable bonds is 2. The Morgan fingerprint density at radius 3 is 1.60 bits per heavy atom. The van der Waals surface area contributed by atoms with Gasteiger partial charge in [-0.15, -0.1) is 0 Å². The van der Waals surface area contributed by atoms with Gasteiger partial charge in [0.15, 0.2) is 0 Å². The lowest BCUT2D eigenvalue weighted by Gasteiger charge is -1.85. The fourth-order valence-electron chi connectivity index (χ4n) is 0.204. The van der Waals surface area contributed by atoms with Crippen molar-refractivity contribution in [2.45, 2.75) is 0 Å². The Balaban J connectivity index is 2.19. The molecule has 0 aromatic rings. The molecule has 1 nitrogen and oxygen atoms in total. The topological polar surface area (TPSA) is 9.23 Å². The zero-order valence-corrected chi connectivity index (χ0v) is 10.7. The number of hydrogen-bond acceptors (Lipinski definition) is 1. The third-order valence-corrected chi connectivity index (χ3v) is 11.0. The van der Waals surface area contributed by atoms with E-state index in [-0.39, 0.29) is 18.6 Å². The van der Waals surface area contributed by atoms with Crippen LogP contribution in [0.15, 0.2) is 0 Å². The van der Waals surface area contributed by atoms with Crippen LogP contribution in [0, 0.1) is 0 Å². The molecule has 0 aliphatic heterocycles. The van der Waals surface area contributed by atoms with Gasteiger partial charge in [0.25, 0.3) is 0 Å². The van der Waals surface area contributed by atoms with Crippen LogP contribution in [0.4, 0.5) is 0 Å². The first kappa shape index (κ1) is 5.83. The van der Waals surface area contributed by atoms with Crippen LogP contribution >= 0.6 is 0 Å². The molecular weight excluding hydrogens is 128 g/mol. The average molecular weight is 138 g/mol. The summed E-state index contributed by atoms with van der Waals surface area (Å²) < 4.78 is 5.23. The third-order valence-electron chi connectivity index (χ3n) is 0.408. The molecule has 0 fully saturated rings. The molecule has 0 aliphatic rings. The van der Waals surface area contributed by atoms with Crippen molar-refractivity contribution in [3.63, 3.8) is 0 Å². The summed E-state index contributed by atoms with van der Waals surface area (Å²) in [6, 6.07) is 0. The van der Waals surface area contributed by atoms with Crippen molar-refractivity contribution >= 4 is 38.1 Å². The van der Waals surface area contributed by atoms with E-state index < -0.39 is 0 Å². The van der Waals surface area contributed by atoms with Crippen LogP contribution in [0.25, 0.3) is 0 Å². The molecule has 0 saturated carbocycles. The van der Waals surface area contributed by atoms with E-state index in [0.717, 1.165) is 0 Å². The second-order valence-electron chi connectivity index (χ2n) is 0.781. The lowest BCUT2D eigenvalue weighted by molar-refractivity contribution is 0.676. The largest absolute Gasteiger partial charge is 0.472 e. The fraction of sp³-hybridized carbons (Fsp3) is 0. The van der Waals surface area contributed by atoms with E-state index in [9.17, 15) is 0 Å². The molecule has 0 atom stereocenters. The Hall–Kier alpha value is 0.828. The van der Waals surface area contributed by atoms with E-state index in [0.29, 0.717) is 0 Å². The summed E-state index contributed by atoms with van der Waals surface area (Å²) >= 11 is 0. The molecule has 0 radical (unpaired) electrons. The first-order chi connectivity index (χ1) is 2.41. The van der Waals surface area contributed by atoms with Crippen LogP contribution in [0.1, 0.15) is 0 Å². The highest BCUT2D eigenvalue weighted by molar-refractivity contribution is 6.94. The molecule has 32 valence electrons. The Kier molecular flexibility index (Phi) is 5.63. The lowest BCUT2D eigenvalue weighted by atomic mass is 15.8. The predicted molar refractivity (Wildman–Crippen MR) is 38.1 cm³/mol. The normalized spacial score (nSPS) is 14.4. The molecule has 0 saturated heterocycles. The van der Waals surface area contributed by atoms with Crippen molar-refractivity contribution in [3.05, 3.63) is 0 Å². The van der Waals surface area contributed by atoms with Crippen LogP contribution in [0.5, 0.6) is 0 Å². The van der Waals surface area contributed by atoms with Gasteiger partial charge in [-0.3, -0.25) is 0 Å². The highest BCUT2D eigenvalue weighted by Gasteiger charge is 1.67. The molecule has 0 bridgehead atoms. The average Bonchev–Trinajstić information content (AvgIpc) is 1.41. The van der Waals surface area contributed by atoms with Crippen LogP contribution in [-0.4, -0.2) is 38.1 Å². The summed E-state index contributed by atoms with van der Waals surface area (Å²) in [5.74, 6) is 0. The first-order valence-corrected chi connectivity index (χ1v) is 14.5. The highest BCUT2D eigenvalue weighted by Crippen LogP contribution is 1.47. The van der Waals surface area contributed by atoms with E-state index in [1.54, 1.807) is 0 Å². The summed E-state index contributed by atoms with van der Waals surface area (Å²) in [7, 11) is 3.04. The maximum atomic E-state index is 5.23. The van der Waals surface area contributed by atoms with Crippen molar-refractivity contribution in [3.8, 4) is 0 Å². The third kappa shape index (κ3) is 4.83. The van der Waals surface area contributed by atoms with Gasteiger partial charge >= 0.3 is 0 Å². The molecule has 0 N–H and O–H groups in total. The maximum Gasteiger partial charge on any atom is 0.123 e. The smallest absolute Gasteiger partial charge is 0.123 e. The Morgan fingerprint density at radius 2 is 1.60 bits per heavy atom. The summed E-state index contributed by atoms with van der Waals surface area (Å²) in [5.41, 5.74) is 0. The van der Waals surface area contributed by atoms with Gasteiger partial charge in [-0.05, 0) is 0 Å². The minimum atomic E-state index is 0.149. The van der Waals surface area contributed by atoms with E-state index in [2.05, 4.69) is 0 Å². The molecule has 0 aromatic carbocycles. The van der Waals surface area contributed by atoms with Gasteiger partial charge in [0.2, 0.25) is 0 Å². The zero-order valence-electron chi connectivity index (χ0n) is 3.82. The molecule has 0 spiro atoms. The van der Waals surface area contributed by atoms with Crippen molar-refractivity contribution in [1.82, 2.24) is 0 Å². The van der Waals surface area contributed by atoms with Crippen molar-refractivity contribution in [2.75, 3.05) is 0 Å². The maximum absolute atomic E-state index is 5.23. The standard InChI is InChI=1S/H10OSi4/c2-4-1-5-3/h4-5H2,2-3H3. The van der Waals surface area contributed by atoms with Crippen LogP contribution < -0.4 is 0 Å². The van der Waals surface area contributed by atoms with Crippen molar-refractivity contribution < 1.29 is 4.12 Å². The Morgan fingerprint density at radius 1 is 1.20 bits per heavy atom. The molecule has 0 amide bonds. The molecule has 0 rings (SSSR count). The summed E-state index contributed by atoms with van der Waals surface area (Å²) in [6.45, 7) is 0. The lowest BCUT2D eigenvalue weighted by Crippen LogP contribution is -2.02. The molecule has 0 unspecified atom stereocenters. The second kappa shape index (κ2) is 4.83. The van der Waals surface area contributed by atoms with Crippen LogP contribution in [0.3, 0.4) is 0 Å². The van der Waals surface area contributed by atoms with E-state index >= 15 is 0 Å². The first-order valence-electron chi connectivity index (χ1n) is 1.99. The molecule has 0 aromatic heterocycles. The van der Waals surface area contributed by atoms with Crippen molar-refractivity contribution in [1.29, 1.82) is 0 Å². The highest BCUT2D eigenvalue weighted by atomic mass is 29.2. The number of hydrogen-bond donors (Lipinski definition) is 0. The summed E-state index contributed by atoms with van der Waals surface area (Å²) in [6.07, 6.45) is 0. The molecular formula is H10OSi4. The Bertz CT molecular complexity index is 11.1. The van der Waals surface area contributed by atoms with Gasteiger partial charge in [-0.1, -0.05) is 0 Å². The minimum absolute atomic E-state index is 0.149. The van der Waals surface area contributed by atoms with Gasteiger partial charge in [0.05, 0.1) is 0 Å². The molecule has 0 aliphatic carbocycles. The fourth-order valence-corrected chi connectivity index (χ4v) is 16.5. The van der Waals surface area contributed by atoms with Crippen molar-refractivity contribution in [2.24, 2.45) is 0 Å². The quantitative estimate of drug-likeness (QED) is 0.351. The van der Waals surface area contributed by atoms with Crippen LogP contribution in [-0.2, 0) is 4.12 Å². The van der Waals surface area contributed by atoms with Crippen LogP contribution in [0.2, 0.25) is 0 Å². The van der Waals surface area contributed by atoms with Gasteiger partial charge in [0.1, 0.15) is 18.6 Å². The molecule has 5 heavy (non-hydrogen) atoms. The molecule has 5 heteroatoms. The zero-order chi connectivity index (χ0) is 4.12. The monoisotopic (exact) mass is 138 g/mol. The molecule has 0 heterocycles. The minimum Gasteiger partial charge on any atom is -0.472 e. The van der Waals surface area contributed by atoms with E-state index in [1.807, 2.05) is 0 Å². The second-order valence-corrected chi connectivity index (χ2v) is 7.03. The summed E-state index contributed by atoms with van der Waals surface area (Å²) in [5, 5.41) is 0. The van der Waals surface area contributed by atoms with E-state index in [4.69, 9.17) is 4.12 Å². The van der Waals surface area contributed by atoms with Gasteiger partial charge in [-0.25, -0.2) is 0 Å². The van der Waals surface area contributed by atoms with Gasteiger partial charge in [0, 0.05) is 19.5 Å². The van der Waals surface area contributed by atoms with E-state index in [1.165, 1.54) is 19.5 Å². The SMILES string of the molecule is [SiH3][SiH2]O[SiH2][SiH3]. The Labute approximate surface area is 42.8 Å². The summed E-state index contributed by atoms with van der Waals surface area (Å²) in [4.78, 5) is 0. The predicted octanol–water partition coefficient (Wildman–Crippen LogP) is -4.27. The van der Waals surface area contributed by atoms with Gasteiger partial charge in [-0.2, -0.15) is 0 Å². The van der Waals surface area contributed by atoms with Gasteiger partial charge < -0.3 is 4.12 Å².